The Bertz CT molecular complexity index is 975. The number of nitrogens with zero attached hydrogens (tertiary/aromatic N) is 2. The molecule has 2 aromatic carbocycles. The van der Waals surface area contributed by atoms with Crippen LogP contribution in [-0.4, -0.2) is 9.55 Å². The van der Waals surface area contributed by atoms with E-state index in [0.717, 1.165) is 23.2 Å². The maximum atomic E-state index is 12.3. The number of fused-ring (bicyclic) bond motifs is 1. The molecule has 0 aliphatic carbocycles. The molecular formula is C20H21ClN2O. The van der Waals surface area contributed by atoms with Gasteiger partial charge in [-0.25, -0.2) is 0 Å². The van der Waals surface area contributed by atoms with E-state index in [1.54, 1.807) is 6.07 Å². The molecule has 0 fully saturated rings. The van der Waals surface area contributed by atoms with E-state index >= 15 is 0 Å². The lowest BCUT2D eigenvalue weighted by Crippen LogP contribution is -2.16. The zero-order valence-corrected chi connectivity index (χ0v) is 15.2. The first kappa shape index (κ1) is 16.7. The fourth-order valence-corrected chi connectivity index (χ4v) is 3.36. The Morgan fingerprint density at radius 2 is 1.96 bits per heavy atom. The van der Waals surface area contributed by atoms with Gasteiger partial charge in [-0.2, -0.15) is 4.98 Å². The molecule has 0 amide bonds. The Hall–Kier alpha value is -2.13. The first-order valence-corrected chi connectivity index (χ1v) is 8.60. The Kier molecular flexibility index (Phi) is 4.46. The van der Waals surface area contributed by atoms with E-state index in [1.807, 2.05) is 23.6 Å². The van der Waals surface area contributed by atoms with Gasteiger partial charge in [0.15, 0.2) is 0 Å². The number of hydrogen-bond acceptors (Lipinski definition) is 2. The standard InChI is InChI=1S/C20H21ClN2O/c1-5-12(2)15-9-10-17(13(3)11-15)23-14(4)22-20(24)19-16(21)7-6-8-18(19)23/h6-12H,5H2,1-4H3. The minimum Gasteiger partial charge on any atom is -0.297 e. The van der Waals surface area contributed by atoms with E-state index in [0.29, 0.717) is 22.2 Å². The second-order valence-electron chi connectivity index (χ2n) is 6.29. The molecule has 0 saturated carbocycles. The van der Waals surface area contributed by atoms with E-state index in [9.17, 15) is 4.79 Å². The highest BCUT2D eigenvalue weighted by atomic mass is 35.5. The summed E-state index contributed by atoms with van der Waals surface area (Å²) in [6.45, 7) is 8.37. The van der Waals surface area contributed by atoms with E-state index in [-0.39, 0.29) is 5.56 Å². The molecule has 124 valence electrons. The summed E-state index contributed by atoms with van der Waals surface area (Å²) in [7, 11) is 0. The zero-order valence-electron chi connectivity index (χ0n) is 14.4. The highest BCUT2D eigenvalue weighted by Crippen LogP contribution is 2.27. The van der Waals surface area contributed by atoms with Crippen LogP contribution in [0, 0.1) is 13.8 Å². The SMILES string of the molecule is CCC(C)c1ccc(-n2c(C)nc(=O)c3c(Cl)cccc32)c(C)c1. The van der Waals surface area contributed by atoms with Gasteiger partial charge in [0.2, 0.25) is 0 Å². The van der Waals surface area contributed by atoms with Crippen LogP contribution in [-0.2, 0) is 0 Å². The topological polar surface area (TPSA) is 34.9 Å². The van der Waals surface area contributed by atoms with Crippen LogP contribution in [0.15, 0.2) is 41.2 Å². The molecule has 0 bridgehead atoms. The van der Waals surface area contributed by atoms with Gasteiger partial charge in [-0.1, -0.05) is 43.6 Å². The Morgan fingerprint density at radius 1 is 1.21 bits per heavy atom. The molecule has 3 nitrogen and oxygen atoms in total. The first-order chi connectivity index (χ1) is 11.4. The third kappa shape index (κ3) is 2.73. The molecule has 0 saturated heterocycles. The summed E-state index contributed by atoms with van der Waals surface area (Å²) in [6, 6.07) is 12.0. The molecule has 0 aliphatic rings. The smallest absolute Gasteiger partial charge is 0.282 e. The minimum absolute atomic E-state index is 0.279. The van der Waals surface area contributed by atoms with Crippen molar-refractivity contribution in [2.45, 2.75) is 40.0 Å². The van der Waals surface area contributed by atoms with Crippen molar-refractivity contribution in [3.05, 3.63) is 68.7 Å². The largest absolute Gasteiger partial charge is 0.297 e. The predicted octanol–water partition coefficient (Wildman–Crippen LogP) is 5.17. The van der Waals surface area contributed by atoms with Gasteiger partial charge >= 0.3 is 0 Å². The third-order valence-corrected chi connectivity index (χ3v) is 4.99. The lowest BCUT2D eigenvalue weighted by molar-refractivity contribution is 0.732. The van der Waals surface area contributed by atoms with Gasteiger partial charge in [0.05, 0.1) is 21.6 Å². The van der Waals surface area contributed by atoms with Crippen molar-refractivity contribution in [3.63, 3.8) is 0 Å². The second kappa shape index (κ2) is 6.40. The lowest BCUT2D eigenvalue weighted by atomic mass is 9.96. The van der Waals surface area contributed by atoms with E-state index in [4.69, 9.17) is 11.6 Å². The van der Waals surface area contributed by atoms with Crippen molar-refractivity contribution >= 4 is 22.5 Å². The minimum atomic E-state index is -0.279. The molecule has 1 unspecified atom stereocenters. The number of benzene rings is 2. The molecule has 1 heterocycles. The quantitative estimate of drug-likeness (QED) is 0.659. The summed E-state index contributed by atoms with van der Waals surface area (Å²) in [4.78, 5) is 16.4. The maximum absolute atomic E-state index is 12.3. The summed E-state index contributed by atoms with van der Waals surface area (Å²) in [6.07, 6.45) is 1.11. The highest BCUT2D eigenvalue weighted by Gasteiger charge is 2.14. The van der Waals surface area contributed by atoms with Gasteiger partial charge in [0, 0.05) is 0 Å². The van der Waals surface area contributed by atoms with Crippen molar-refractivity contribution < 1.29 is 0 Å². The van der Waals surface area contributed by atoms with Gasteiger partial charge in [-0.3, -0.25) is 9.36 Å². The predicted molar refractivity (Wildman–Crippen MR) is 101 cm³/mol. The Labute approximate surface area is 146 Å². The van der Waals surface area contributed by atoms with Crippen LogP contribution in [0.5, 0.6) is 0 Å². The molecule has 0 spiro atoms. The van der Waals surface area contributed by atoms with Crippen LogP contribution in [0.25, 0.3) is 16.6 Å². The number of aryl methyl sites for hydroxylation is 2. The summed E-state index contributed by atoms with van der Waals surface area (Å²) < 4.78 is 2.01. The van der Waals surface area contributed by atoms with E-state index in [1.165, 1.54) is 5.56 Å². The van der Waals surface area contributed by atoms with Crippen molar-refractivity contribution in [3.8, 4) is 5.69 Å². The number of rotatable bonds is 3. The summed E-state index contributed by atoms with van der Waals surface area (Å²) in [5.41, 5.74) is 4.02. The van der Waals surface area contributed by atoms with Crippen molar-refractivity contribution in [2.75, 3.05) is 0 Å². The van der Waals surface area contributed by atoms with Gasteiger partial charge in [-0.15, -0.1) is 0 Å². The van der Waals surface area contributed by atoms with Crippen LogP contribution in [0.1, 0.15) is 43.1 Å². The van der Waals surface area contributed by atoms with Crippen LogP contribution in [0.3, 0.4) is 0 Å². The van der Waals surface area contributed by atoms with Gasteiger partial charge < -0.3 is 0 Å². The van der Waals surface area contributed by atoms with E-state index in [2.05, 4.69) is 44.0 Å². The van der Waals surface area contributed by atoms with Gasteiger partial charge in [-0.05, 0) is 55.5 Å². The van der Waals surface area contributed by atoms with Crippen LogP contribution < -0.4 is 5.56 Å². The van der Waals surface area contributed by atoms with Gasteiger partial charge in [0.25, 0.3) is 5.56 Å². The fourth-order valence-electron chi connectivity index (χ4n) is 3.11. The monoisotopic (exact) mass is 340 g/mol. The molecule has 1 aromatic heterocycles. The Balaban J connectivity index is 2.31. The van der Waals surface area contributed by atoms with Crippen LogP contribution >= 0.6 is 11.6 Å². The van der Waals surface area contributed by atoms with Crippen molar-refractivity contribution in [2.24, 2.45) is 0 Å². The van der Waals surface area contributed by atoms with Crippen molar-refractivity contribution in [1.82, 2.24) is 9.55 Å². The normalized spacial score (nSPS) is 12.5. The molecule has 3 aromatic rings. The average molecular weight is 341 g/mol. The molecule has 0 radical (unpaired) electrons. The fraction of sp³-hybridized carbons (Fsp3) is 0.300. The zero-order chi connectivity index (χ0) is 17.4. The van der Waals surface area contributed by atoms with Crippen molar-refractivity contribution in [1.29, 1.82) is 0 Å². The molecule has 24 heavy (non-hydrogen) atoms. The van der Waals surface area contributed by atoms with Crippen LogP contribution in [0.2, 0.25) is 5.02 Å². The summed E-state index contributed by atoms with van der Waals surface area (Å²) in [5.74, 6) is 1.19. The Morgan fingerprint density at radius 3 is 2.62 bits per heavy atom. The first-order valence-electron chi connectivity index (χ1n) is 8.22. The van der Waals surface area contributed by atoms with Crippen LogP contribution in [0.4, 0.5) is 0 Å². The molecule has 3 rings (SSSR count). The number of halogens is 1. The highest BCUT2D eigenvalue weighted by molar-refractivity contribution is 6.35. The summed E-state index contributed by atoms with van der Waals surface area (Å²) in [5, 5.41) is 0.905. The number of aromatic nitrogens is 2. The molecule has 1 atom stereocenters. The second-order valence-corrected chi connectivity index (χ2v) is 6.70. The molecule has 4 heteroatoms. The third-order valence-electron chi connectivity index (χ3n) is 4.68. The molecule has 0 N–H and O–H groups in total. The average Bonchev–Trinajstić information content (AvgIpc) is 2.55. The molecule has 0 aliphatic heterocycles. The number of hydrogen-bond donors (Lipinski definition) is 0. The van der Waals surface area contributed by atoms with Gasteiger partial charge in [0.1, 0.15) is 5.82 Å². The van der Waals surface area contributed by atoms with E-state index < -0.39 is 0 Å². The summed E-state index contributed by atoms with van der Waals surface area (Å²) >= 11 is 6.25. The molecular weight excluding hydrogens is 320 g/mol. The maximum Gasteiger partial charge on any atom is 0.282 e. The lowest BCUT2D eigenvalue weighted by Gasteiger charge is -2.18.